The summed E-state index contributed by atoms with van der Waals surface area (Å²) < 4.78 is 13.5. The highest BCUT2D eigenvalue weighted by molar-refractivity contribution is 5.80. The second kappa shape index (κ2) is 11.5. The lowest BCUT2D eigenvalue weighted by molar-refractivity contribution is 0.0593. The zero-order valence-corrected chi connectivity index (χ0v) is 22.3. The maximum absolute atomic E-state index is 13.6. The van der Waals surface area contributed by atoms with E-state index in [0.29, 0.717) is 30.6 Å². The molecule has 3 aliphatic rings. The van der Waals surface area contributed by atoms with Crippen molar-refractivity contribution in [2.75, 3.05) is 39.4 Å². The Labute approximate surface area is 223 Å². The fourth-order valence-electron chi connectivity index (χ4n) is 6.49. The van der Waals surface area contributed by atoms with Gasteiger partial charge in [-0.15, -0.1) is 5.10 Å². The van der Waals surface area contributed by atoms with Gasteiger partial charge in [-0.1, -0.05) is 19.3 Å². The minimum absolute atomic E-state index is 0.102. The molecule has 2 saturated heterocycles. The smallest absolute Gasteiger partial charge is 0.253 e. The highest BCUT2D eigenvalue weighted by Gasteiger charge is 2.35. The Morgan fingerprint density at radius 2 is 1.92 bits per heavy atom. The molecule has 6 rings (SSSR count). The van der Waals surface area contributed by atoms with E-state index in [4.69, 9.17) is 9.47 Å². The normalized spacial score (nSPS) is 22.7. The van der Waals surface area contributed by atoms with E-state index in [9.17, 15) is 4.79 Å². The molecule has 0 radical (unpaired) electrons. The quantitative estimate of drug-likeness (QED) is 0.483. The van der Waals surface area contributed by atoms with Gasteiger partial charge in [0.05, 0.1) is 19.3 Å². The molecule has 2 atom stereocenters. The Morgan fingerprint density at radius 3 is 2.68 bits per heavy atom. The van der Waals surface area contributed by atoms with Gasteiger partial charge in [-0.05, 0) is 67.3 Å². The monoisotopic (exact) mass is 521 g/mol. The standard InChI is InChI=1S/C28H39N7O3/c1-2-37-22-10-11-25-20(17-22)18-24(28(36)29-25)26(27-30-31-32-35(27)19-23-9-6-16-38-23)34-14-12-33(13-15-34)21-7-4-3-5-8-21/h10-11,17-18,21,23,26H,2-9,12-16,19H2,1H3,(H,29,36)/t23-,26-/m1/s1. The van der Waals surface area contributed by atoms with E-state index >= 15 is 0 Å². The number of nitrogens with zero attached hydrogens (tertiary/aromatic N) is 6. The molecule has 1 N–H and O–H groups in total. The topological polar surface area (TPSA) is 101 Å². The Balaban J connectivity index is 1.34. The van der Waals surface area contributed by atoms with Gasteiger partial charge in [-0.25, -0.2) is 4.68 Å². The van der Waals surface area contributed by atoms with E-state index in [0.717, 1.165) is 62.3 Å². The zero-order chi connectivity index (χ0) is 25.9. The Kier molecular flexibility index (Phi) is 7.71. The summed E-state index contributed by atoms with van der Waals surface area (Å²) in [4.78, 5) is 21.7. The molecule has 0 unspecified atom stereocenters. The van der Waals surface area contributed by atoms with E-state index in [1.807, 2.05) is 35.9 Å². The Morgan fingerprint density at radius 1 is 1.08 bits per heavy atom. The maximum atomic E-state index is 13.6. The van der Waals surface area contributed by atoms with Crippen molar-refractivity contribution in [3.63, 3.8) is 0 Å². The van der Waals surface area contributed by atoms with Gasteiger partial charge in [-0.2, -0.15) is 0 Å². The maximum Gasteiger partial charge on any atom is 0.253 e. The van der Waals surface area contributed by atoms with Gasteiger partial charge in [0.1, 0.15) is 11.8 Å². The van der Waals surface area contributed by atoms with E-state index in [-0.39, 0.29) is 17.7 Å². The van der Waals surface area contributed by atoms with Crippen LogP contribution in [0.3, 0.4) is 0 Å². The van der Waals surface area contributed by atoms with Crippen LogP contribution in [0.2, 0.25) is 0 Å². The number of nitrogens with one attached hydrogen (secondary N) is 1. The van der Waals surface area contributed by atoms with Crippen molar-refractivity contribution in [2.24, 2.45) is 0 Å². The van der Waals surface area contributed by atoms with Gasteiger partial charge in [0.15, 0.2) is 5.82 Å². The van der Waals surface area contributed by atoms with Crippen molar-refractivity contribution in [1.82, 2.24) is 35.0 Å². The van der Waals surface area contributed by atoms with Crippen LogP contribution in [-0.2, 0) is 11.3 Å². The summed E-state index contributed by atoms with van der Waals surface area (Å²) in [5.74, 6) is 1.50. The number of ether oxygens (including phenoxy) is 2. The number of H-pyrrole nitrogens is 1. The third-order valence-electron chi connectivity index (χ3n) is 8.46. The van der Waals surface area contributed by atoms with Crippen LogP contribution >= 0.6 is 0 Å². The van der Waals surface area contributed by atoms with Crippen molar-refractivity contribution in [2.45, 2.75) is 76.6 Å². The molecule has 1 aliphatic carbocycles. The fourth-order valence-corrected chi connectivity index (χ4v) is 6.49. The van der Waals surface area contributed by atoms with Crippen molar-refractivity contribution in [3.8, 4) is 5.75 Å². The highest BCUT2D eigenvalue weighted by atomic mass is 16.5. The molecule has 3 fully saturated rings. The number of hydrogen-bond acceptors (Lipinski definition) is 8. The number of fused-ring (bicyclic) bond motifs is 1. The Hall–Kier alpha value is -2.82. The van der Waals surface area contributed by atoms with Gasteiger partial charge >= 0.3 is 0 Å². The summed E-state index contributed by atoms with van der Waals surface area (Å²) in [5.41, 5.74) is 1.36. The largest absolute Gasteiger partial charge is 0.494 e. The average molecular weight is 522 g/mol. The van der Waals surface area contributed by atoms with E-state index in [1.165, 1.54) is 32.1 Å². The van der Waals surface area contributed by atoms with E-state index in [2.05, 4.69) is 30.3 Å². The number of tetrazole rings is 1. The van der Waals surface area contributed by atoms with Crippen molar-refractivity contribution < 1.29 is 9.47 Å². The molecule has 38 heavy (non-hydrogen) atoms. The number of aromatic nitrogens is 5. The van der Waals surface area contributed by atoms with Gasteiger partial charge in [0, 0.05) is 55.3 Å². The molecule has 1 aromatic carbocycles. The van der Waals surface area contributed by atoms with Gasteiger partial charge in [0.25, 0.3) is 5.56 Å². The van der Waals surface area contributed by atoms with Crippen LogP contribution in [-0.4, -0.2) is 86.5 Å². The molecule has 0 bridgehead atoms. The molecule has 10 heteroatoms. The van der Waals surface area contributed by atoms with Crippen LogP contribution < -0.4 is 10.3 Å². The van der Waals surface area contributed by atoms with Gasteiger partial charge < -0.3 is 14.5 Å². The molecule has 4 heterocycles. The summed E-state index contributed by atoms with van der Waals surface area (Å²) in [5, 5.41) is 13.8. The molecular weight excluding hydrogens is 482 g/mol. The second-order valence-corrected chi connectivity index (χ2v) is 10.9. The number of rotatable bonds is 8. The molecule has 0 spiro atoms. The zero-order valence-electron chi connectivity index (χ0n) is 22.3. The summed E-state index contributed by atoms with van der Waals surface area (Å²) in [6.45, 7) is 7.66. The summed E-state index contributed by atoms with van der Waals surface area (Å²) in [7, 11) is 0. The van der Waals surface area contributed by atoms with Crippen molar-refractivity contribution >= 4 is 10.9 Å². The lowest BCUT2D eigenvalue weighted by atomic mass is 9.93. The number of hydrogen-bond donors (Lipinski definition) is 1. The number of piperazine rings is 1. The molecule has 3 aromatic rings. The summed E-state index contributed by atoms with van der Waals surface area (Å²) >= 11 is 0. The summed E-state index contributed by atoms with van der Waals surface area (Å²) in [6, 6.07) is 8.14. The molecule has 1 saturated carbocycles. The first kappa shape index (κ1) is 25.5. The third-order valence-corrected chi connectivity index (χ3v) is 8.46. The van der Waals surface area contributed by atoms with Crippen LogP contribution in [0.25, 0.3) is 10.9 Å². The molecule has 2 aromatic heterocycles. The van der Waals surface area contributed by atoms with Crippen LogP contribution in [0.5, 0.6) is 5.75 Å². The van der Waals surface area contributed by atoms with Crippen LogP contribution in [0.1, 0.15) is 69.3 Å². The number of aromatic amines is 1. The molecule has 10 nitrogen and oxygen atoms in total. The third kappa shape index (κ3) is 5.34. The van der Waals surface area contributed by atoms with Crippen molar-refractivity contribution in [1.29, 1.82) is 0 Å². The summed E-state index contributed by atoms with van der Waals surface area (Å²) in [6.07, 6.45) is 8.79. The first-order valence-electron chi connectivity index (χ1n) is 14.3. The predicted octanol–water partition coefficient (Wildman–Crippen LogP) is 3.13. The van der Waals surface area contributed by atoms with Gasteiger partial charge in [0.2, 0.25) is 0 Å². The van der Waals surface area contributed by atoms with Crippen LogP contribution in [0.15, 0.2) is 29.1 Å². The fraction of sp³-hybridized carbons (Fsp3) is 0.643. The minimum atomic E-state index is -0.344. The number of benzene rings is 1. The van der Waals surface area contributed by atoms with Crippen molar-refractivity contribution in [3.05, 3.63) is 46.0 Å². The number of pyridine rings is 1. The molecule has 2 aliphatic heterocycles. The minimum Gasteiger partial charge on any atom is -0.494 e. The van der Waals surface area contributed by atoms with Crippen LogP contribution in [0, 0.1) is 0 Å². The molecule has 204 valence electrons. The lowest BCUT2D eigenvalue weighted by Crippen LogP contribution is -2.52. The van der Waals surface area contributed by atoms with E-state index < -0.39 is 0 Å². The Bertz CT molecular complexity index is 1270. The predicted molar refractivity (Wildman–Crippen MR) is 144 cm³/mol. The first-order chi connectivity index (χ1) is 18.7. The molecular formula is C28H39N7O3. The first-order valence-corrected chi connectivity index (χ1v) is 14.3. The highest BCUT2D eigenvalue weighted by Crippen LogP contribution is 2.31. The van der Waals surface area contributed by atoms with Gasteiger partial charge in [-0.3, -0.25) is 14.6 Å². The molecule has 0 amide bonds. The lowest BCUT2D eigenvalue weighted by Gasteiger charge is -2.43. The average Bonchev–Trinajstić information content (AvgIpc) is 3.63. The van der Waals surface area contributed by atoms with Crippen LogP contribution in [0.4, 0.5) is 0 Å². The van der Waals surface area contributed by atoms with E-state index in [1.54, 1.807) is 0 Å². The second-order valence-electron chi connectivity index (χ2n) is 10.9. The SMILES string of the molecule is CCOc1ccc2[nH]c(=O)c([C@H](c3nnnn3C[C@H]3CCCO3)N3CCN(C4CCCCC4)CC3)cc2c1.